The van der Waals surface area contributed by atoms with Crippen LogP contribution in [0.1, 0.15) is 25.5 Å². The van der Waals surface area contributed by atoms with Gasteiger partial charge in [0.1, 0.15) is 6.10 Å². The summed E-state index contributed by atoms with van der Waals surface area (Å²) in [5.41, 5.74) is 5.48. The molecular formula is C16H19N3O5. The van der Waals surface area contributed by atoms with E-state index < -0.39 is 22.9 Å². The molecule has 1 amide bonds. The van der Waals surface area contributed by atoms with Gasteiger partial charge < -0.3 is 15.8 Å². The van der Waals surface area contributed by atoms with Crippen LogP contribution in [-0.2, 0) is 14.3 Å². The molecule has 0 spiro atoms. The molecule has 8 heteroatoms. The van der Waals surface area contributed by atoms with Crippen LogP contribution in [0.25, 0.3) is 0 Å². The zero-order valence-corrected chi connectivity index (χ0v) is 13.4. The van der Waals surface area contributed by atoms with Crippen LogP contribution in [0.4, 0.5) is 5.69 Å². The van der Waals surface area contributed by atoms with E-state index in [1.165, 1.54) is 24.4 Å². The monoisotopic (exact) mass is 333 g/mol. The van der Waals surface area contributed by atoms with E-state index in [2.05, 4.69) is 5.32 Å². The van der Waals surface area contributed by atoms with Crippen molar-refractivity contribution in [2.75, 3.05) is 6.54 Å². The lowest BCUT2D eigenvalue weighted by molar-refractivity contribution is -0.386. The number of allylic oxidation sites excluding steroid dienone is 2. The average molecular weight is 333 g/mol. The smallest absolute Gasteiger partial charge is 0.334 e. The zero-order chi connectivity index (χ0) is 18.1. The van der Waals surface area contributed by atoms with Gasteiger partial charge in [-0.15, -0.1) is 0 Å². The Labute approximate surface area is 139 Å². The van der Waals surface area contributed by atoms with E-state index in [1.807, 2.05) is 0 Å². The van der Waals surface area contributed by atoms with E-state index in [0.717, 1.165) is 0 Å². The van der Waals surface area contributed by atoms with Crippen LogP contribution in [0.5, 0.6) is 0 Å². The number of benzene rings is 1. The van der Waals surface area contributed by atoms with Crippen molar-refractivity contribution in [3.8, 4) is 0 Å². The van der Waals surface area contributed by atoms with E-state index in [9.17, 15) is 19.7 Å². The quantitative estimate of drug-likeness (QED) is 0.245. The third-order valence-electron chi connectivity index (χ3n) is 3.01. The Balaban J connectivity index is 2.70. The molecule has 3 N–H and O–H groups in total. The van der Waals surface area contributed by atoms with Crippen LogP contribution in [0.15, 0.2) is 48.2 Å². The van der Waals surface area contributed by atoms with Crippen molar-refractivity contribution >= 4 is 17.6 Å². The first-order valence-corrected chi connectivity index (χ1v) is 7.12. The van der Waals surface area contributed by atoms with Gasteiger partial charge in [0.2, 0.25) is 5.91 Å². The highest BCUT2D eigenvalue weighted by molar-refractivity contribution is 5.88. The van der Waals surface area contributed by atoms with Gasteiger partial charge in [-0.25, -0.2) is 4.79 Å². The number of ether oxygens (including phenoxy) is 1. The van der Waals surface area contributed by atoms with E-state index in [1.54, 1.807) is 32.0 Å². The van der Waals surface area contributed by atoms with E-state index in [-0.39, 0.29) is 12.2 Å². The standard InChI is InChI=1S/C16H19N3O5/c1-11(6-5-9-18-10-15(17)20)16(21)24-12(2)13-7-3-4-8-14(13)19(22)23/h3-9,12,18H,10H2,1-2H3,(H2,17,20)/b9-5-,11-6+. The SMILES string of the molecule is C/C(=C\C=C/NCC(N)=O)C(=O)OC(C)c1ccccc1[N+](=O)[O-]. The summed E-state index contributed by atoms with van der Waals surface area (Å²) in [6.07, 6.45) is 3.71. The molecule has 1 rings (SSSR count). The number of hydrogen-bond donors (Lipinski definition) is 2. The van der Waals surface area contributed by atoms with Gasteiger partial charge in [-0.2, -0.15) is 0 Å². The minimum atomic E-state index is -0.764. The maximum absolute atomic E-state index is 12.0. The fourth-order valence-corrected chi connectivity index (χ4v) is 1.80. The van der Waals surface area contributed by atoms with Crippen molar-refractivity contribution < 1.29 is 19.2 Å². The Morgan fingerprint density at radius 3 is 2.71 bits per heavy atom. The molecule has 0 aromatic heterocycles. The Kier molecular flexibility index (Phi) is 7.15. The Morgan fingerprint density at radius 2 is 2.08 bits per heavy atom. The molecule has 0 fully saturated rings. The fraction of sp³-hybridized carbons (Fsp3) is 0.250. The number of primary amides is 1. The van der Waals surface area contributed by atoms with E-state index in [4.69, 9.17) is 10.5 Å². The van der Waals surface area contributed by atoms with E-state index >= 15 is 0 Å². The molecule has 8 nitrogen and oxygen atoms in total. The molecule has 0 saturated heterocycles. The number of nitrogens with two attached hydrogens (primary N) is 1. The second-order valence-corrected chi connectivity index (χ2v) is 4.92. The third kappa shape index (κ3) is 5.91. The first kappa shape index (κ1) is 18.9. The minimum Gasteiger partial charge on any atom is -0.454 e. The van der Waals surface area contributed by atoms with Crippen LogP contribution in [-0.4, -0.2) is 23.3 Å². The van der Waals surface area contributed by atoms with Crippen molar-refractivity contribution in [1.29, 1.82) is 0 Å². The van der Waals surface area contributed by atoms with E-state index in [0.29, 0.717) is 11.1 Å². The van der Waals surface area contributed by atoms with Gasteiger partial charge >= 0.3 is 5.97 Å². The second kappa shape index (κ2) is 9.09. The lowest BCUT2D eigenvalue weighted by Gasteiger charge is -2.13. The van der Waals surface area contributed by atoms with Gasteiger partial charge in [0.15, 0.2) is 0 Å². The van der Waals surface area contributed by atoms with Crippen molar-refractivity contribution in [3.05, 3.63) is 63.9 Å². The highest BCUT2D eigenvalue weighted by Gasteiger charge is 2.21. The topological polar surface area (TPSA) is 125 Å². The second-order valence-electron chi connectivity index (χ2n) is 4.92. The fourth-order valence-electron chi connectivity index (χ4n) is 1.80. The van der Waals surface area contributed by atoms with Gasteiger partial charge in [0.25, 0.3) is 5.69 Å². The summed E-state index contributed by atoms with van der Waals surface area (Å²) in [6, 6.07) is 6.09. The number of nitro benzene ring substituents is 1. The van der Waals surface area contributed by atoms with Crippen LogP contribution >= 0.6 is 0 Å². The number of hydrogen-bond acceptors (Lipinski definition) is 6. The highest BCUT2D eigenvalue weighted by atomic mass is 16.6. The predicted octanol–water partition coefficient (Wildman–Crippen LogP) is 1.73. The highest BCUT2D eigenvalue weighted by Crippen LogP contribution is 2.27. The van der Waals surface area contributed by atoms with Gasteiger partial charge in [0, 0.05) is 11.6 Å². The van der Waals surface area contributed by atoms with Crippen molar-refractivity contribution in [3.63, 3.8) is 0 Å². The Morgan fingerprint density at radius 1 is 1.42 bits per heavy atom. The minimum absolute atomic E-state index is 0.0114. The molecule has 0 heterocycles. The predicted molar refractivity (Wildman–Crippen MR) is 87.7 cm³/mol. The molecule has 1 aromatic carbocycles. The van der Waals surface area contributed by atoms with Crippen LogP contribution in [0, 0.1) is 10.1 Å². The van der Waals surface area contributed by atoms with Gasteiger partial charge in [-0.3, -0.25) is 14.9 Å². The summed E-state index contributed by atoms with van der Waals surface area (Å²) in [7, 11) is 0. The summed E-state index contributed by atoms with van der Waals surface area (Å²) >= 11 is 0. The largest absolute Gasteiger partial charge is 0.454 e. The summed E-state index contributed by atoms with van der Waals surface area (Å²) < 4.78 is 5.24. The summed E-state index contributed by atoms with van der Waals surface area (Å²) in [5, 5.41) is 13.6. The lowest BCUT2D eigenvalue weighted by Crippen LogP contribution is -2.24. The number of esters is 1. The maximum atomic E-state index is 12.0. The van der Waals surface area contributed by atoms with Crippen LogP contribution < -0.4 is 11.1 Å². The molecule has 128 valence electrons. The average Bonchev–Trinajstić information content (AvgIpc) is 2.53. The zero-order valence-electron chi connectivity index (χ0n) is 13.4. The number of para-hydroxylation sites is 1. The number of nitro groups is 1. The molecule has 0 aliphatic carbocycles. The summed E-state index contributed by atoms with van der Waals surface area (Å²) in [6.45, 7) is 3.10. The normalized spacial score (nSPS) is 12.7. The van der Waals surface area contributed by atoms with Gasteiger partial charge in [0.05, 0.1) is 17.0 Å². The van der Waals surface area contributed by atoms with Crippen molar-refractivity contribution in [2.45, 2.75) is 20.0 Å². The number of carbonyl (C=O) groups excluding carboxylic acids is 2. The maximum Gasteiger partial charge on any atom is 0.334 e. The molecule has 24 heavy (non-hydrogen) atoms. The first-order valence-electron chi connectivity index (χ1n) is 7.12. The molecule has 0 saturated carbocycles. The van der Waals surface area contributed by atoms with Gasteiger partial charge in [-0.05, 0) is 32.2 Å². The molecule has 0 aliphatic rings. The number of nitrogens with one attached hydrogen (secondary N) is 1. The third-order valence-corrected chi connectivity index (χ3v) is 3.01. The Hall–Kier alpha value is -3.16. The number of carbonyl (C=O) groups is 2. The van der Waals surface area contributed by atoms with Gasteiger partial charge in [-0.1, -0.05) is 18.2 Å². The first-order chi connectivity index (χ1) is 11.3. The molecule has 0 radical (unpaired) electrons. The van der Waals surface area contributed by atoms with Crippen LogP contribution in [0.2, 0.25) is 0 Å². The molecular weight excluding hydrogens is 314 g/mol. The molecule has 1 atom stereocenters. The lowest BCUT2D eigenvalue weighted by atomic mass is 10.1. The Bertz CT molecular complexity index is 682. The molecule has 1 aromatic rings. The molecule has 0 bridgehead atoms. The number of rotatable bonds is 8. The van der Waals surface area contributed by atoms with Crippen molar-refractivity contribution in [2.24, 2.45) is 5.73 Å². The molecule has 0 aliphatic heterocycles. The number of nitrogens with zero attached hydrogens (tertiary/aromatic N) is 1. The summed E-state index contributed by atoms with van der Waals surface area (Å²) in [5.74, 6) is -1.10. The molecule has 1 unspecified atom stereocenters. The van der Waals surface area contributed by atoms with Crippen molar-refractivity contribution in [1.82, 2.24) is 5.32 Å². The van der Waals surface area contributed by atoms with Crippen LogP contribution in [0.3, 0.4) is 0 Å². The number of amides is 1. The summed E-state index contributed by atoms with van der Waals surface area (Å²) in [4.78, 5) is 33.0.